The van der Waals surface area contributed by atoms with Crippen molar-refractivity contribution in [1.82, 2.24) is 0 Å². The number of aliphatic hydroxyl groups excluding tert-OH is 1. The Morgan fingerprint density at radius 2 is 1.64 bits per heavy atom. The standard InChI is InChI=1S/C24H24O4/c1-3-18-7-4-5-8-21(18)22-10-6-9-20(16(2)25)23(22)28-15-17-11-13-19(14-12-17)24(26)27/h4-14,16,25H,3,15H2,1-2H3,(H,26,27). The van der Waals surface area contributed by atoms with Crippen molar-refractivity contribution in [1.29, 1.82) is 0 Å². The summed E-state index contributed by atoms with van der Waals surface area (Å²) in [6, 6.07) is 20.6. The Balaban J connectivity index is 1.97. The van der Waals surface area contributed by atoms with Crippen molar-refractivity contribution >= 4 is 5.97 Å². The molecule has 4 nitrogen and oxygen atoms in total. The first-order chi connectivity index (χ1) is 13.5. The number of rotatable bonds is 7. The second kappa shape index (κ2) is 8.72. The average Bonchev–Trinajstić information content (AvgIpc) is 2.72. The summed E-state index contributed by atoms with van der Waals surface area (Å²) in [5, 5.41) is 19.3. The van der Waals surface area contributed by atoms with Crippen LogP contribution in [-0.4, -0.2) is 16.2 Å². The molecule has 0 saturated heterocycles. The molecule has 1 unspecified atom stereocenters. The largest absolute Gasteiger partial charge is 0.488 e. The average molecular weight is 376 g/mol. The van der Waals surface area contributed by atoms with E-state index in [0.29, 0.717) is 5.75 Å². The van der Waals surface area contributed by atoms with Crippen LogP contribution in [-0.2, 0) is 13.0 Å². The third kappa shape index (κ3) is 4.24. The van der Waals surface area contributed by atoms with Crippen LogP contribution in [0.3, 0.4) is 0 Å². The van der Waals surface area contributed by atoms with Crippen molar-refractivity contribution in [2.45, 2.75) is 33.0 Å². The quantitative estimate of drug-likeness (QED) is 0.591. The van der Waals surface area contributed by atoms with Gasteiger partial charge in [0.05, 0.1) is 11.7 Å². The van der Waals surface area contributed by atoms with Gasteiger partial charge in [-0.15, -0.1) is 0 Å². The molecular formula is C24H24O4. The summed E-state index contributed by atoms with van der Waals surface area (Å²) in [6.45, 7) is 4.12. The minimum Gasteiger partial charge on any atom is -0.488 e. The summed E-state index contributed by atoms with van der Waals surface area (Å²) >= 11 is 0. The summed E-state index contributed by atoms with van der Waals surface area (Å²) in [4.78, 5) is 11.0. The van der Waals surface area contributed by atoms with Crippen LogP contribution < -0.4 is 4.74 Å². The molecule has 1 atom stereocenters. The maximum atomic E-state index is 11.0. The fraction of sp³-hybridized carbons (Fsp3) is 0.208. The van der Waals surface area contributed by atoms with Gasteiger partial charge >= 0.3 is 5.97 Å². The molecule has 0 spiro atoms. The number of ether oxygens (including phenoxy) is 1. The van der Waals surface area contributed by atoms with Crippen LogP contribution in [0.1, 0.15) is 47.0 Å². The molecule has 0 heterocycles. The van der Waals surface area contributed by atoms with E-state index in [2.05, 4.69) is 19.1 Å². The number of hydrogen-bond acceptors (Lipinski definition) is 3. The van der Waals surface area contributed by atoms with Crippen LogP contribution in [0.5, 0.6) is 5.75 Å². The molecule has 3 rings (SSSR count). The topological polar surface area (TPSA) is 66.8 Å². The van der Waals surface area contributed by atoms with Gasteiger partial charge in [0.15, 0.2) is 0 Å². The number of para-hydroxylation sites is 1. The molecule has 0 aliphatic rings. The van der Waals surface area contributed by atoms with Crippen molar-refractivity contribution in [2.24, 2.45) is 0 Å². The lowest BCUT2D eigenvalue weighted by atomic mass is 9.94. The highest BCUT2D eigenvalue weighted by Crippen LogP contribution is 2.38. The molecular weight excluding hydrogens is 352 g/mol. The highest BCUT2D eigenvalue weighted by molar-refractivity contribution is 5.87. The number of aliphatic hydroxyl groups is 1. The van der Waals surface area contributed by atoms with Gasteiger partial charge in [0.2, 0.25) is 0 Å². The molecule has 0 amide bonds. The first kappa shape index (κ1) is 19.6. The second-order valence-electron chi connectivity index (χ2n) is 6.70. The van der Waals surface area contributed by atoms with Crippen LogP contribution in [0.2, 0.25) is 0 Å². The predicted octanol–water partition coefficient (Wildman–Crippen LogP) is 5.25. The van der Waals surface area contributed by atoms with Gasteiger partial charge in [0, 0.05) is 11.1 Å². The second-order valence-corrected chi connectivity index (χ2v) is 6.70. The highest BCUT2D eigenvalue weighted by Gasteiger charge is 2.17. The van der Waals surface area contributed by atoms with Gasteiger partial charge < -0.3 is 14.9 Å². The van der Waals surface area contributed by atoms with E-state index in [9.17, 15) is 9.90 Å². The molecule has 0 aromatic heterocycles. The SMILES string of the molecule is CCc1ccccc1-c1cccc(C(C)O)c1OCc1ccc(C(=O)O)cc1. The van der Waals surface area contributed by atoms with Gasteiger partial charge in [0.25, 0.3) is 0 Å². The Morgan fingerprint density at radius 3 is 2.29 bits per heavy atom. The maximum absolute atomic E-state index is 11.0. The van der Waals surface area contributed by atoms with Crippen LogP contribution in [0.15, 0.2) is 66.7 Å². The fourth-order valence-corrected chi connectivity index (χ4v) is 3.25. The van der Waals surface area contributed by atoms with Crippen molar-refractivity contribution in [3.8, 4) is 16.9 Å². The Labute approximate surface area is 165 Å². The zero-order valence-electron chi connectivity index (χ0n) is 16.1. The van der Waals surface area contributed by atoms with Gasteiger partial charge in [-0.3, -0.25) is 0 Å². The molecule has 0 aliphatic carbocycles. The summed E-state index contributed by atoms with van der Waals surface area (Å²) in [5.41, 5.74) is 5.07. The summed E-state index contributed by atoms with van der Waals surface area (Å²) < 4.78 is 6.16. The van der Waals surface area contributed by atoms with E-state index >= 15 is 0 Å². The van der Waals surface area contributed by atoms with Crippen LogP contribution in [0.25, 0.3) is 11.1 Å². The van der Waals surface area contributed by atoms with E-state index in [1.807, 2.05) is 30.3 Å². The maximum Gasteiger partial charge on any atom is 0.335 e. The first-order valence-electron chi connectivity index (χ1n) is 9.35. The van der Waals surface area contributed by atoms with E-state index in [0.717, 1.165) is 28.7 Å². The van der Waals surface area contributed by atoms with Crippen molar-refractivity contribution in [2.75, 3.05) is 0 Å². The molecule has 28 heavy (non-hydrogen) atoms. The monoisotopic (exact) mass is 376 g/mol. The lowest BCUT2D eigenvalue weighted by Gasteiger charge is -2.19. The van der Waals surface area contributed by atoms with Gasteiger partial charge in [-0.1, -0.05) is 61.5 Å². The molecule has 0 fully saturated rings. The molecule has 4 heteroatoms. The van der Waals surface area contributed by atoms with Gasteiger partial charge in [-0.2, -0.15) is 0 Å². The van der Waals surface area contributed by atoms with E-state index in [1.165, 1.54) is 5.56 Å². The minimum atomic E-state index is -0.953. The van der Waals surface area contributed by atoms with E-state index in [4.69, 9.17) is 9.84 Å². The first-order valence-corrected chi connectivity index (χ1v) is 9.35. The number of carbonyl (C=O) groups is 1. The van der Waals surface area contributed by atoms with Crippen molar-refractivity contribution in [3.05, 3.63) is 89.0 Å². The lowest BCUT2D eigenvalue weighted by molar-refractivity contribution is 0.0697. The summed E-state index contributed by atoms with van der Waals surface area (Å²) in [7, 11) is 0. The van der Waals surface area contributed by atoms with E-state index < -0.39 is 12.1 Å². The Morgan fingerprint density at radius 1 is 0.964 bits per heavy atom. The number of carboxylic acid groups (broad SMARTS) is 1. The van der Waals surface area contributed by atoms with Gasteiger partial charge in [-0.25, -0.2) is 4.79 Å². The number of aromatic carboxylic acids is 1. The molecule has 2 N–H and O–H groups in total. The smallest absolute Gasteiger partial charge is 0.335 e. The van der Waals surface area contributed by atoms with Crippen LogP contribution in [0, 0.1) is 0 Å². The number of carboxylic acids is 1. The van der Waals surface area contributed by atoms with E-state index in [-0.39, 0.29) is 12.2 Å². The van der Waals surface area contributed by atoms with Crippen molar-refractivity contribution in [3.63, 3.8) is 0 Å². The number of aryl methyl sites for hydroxylation is 1. The normalized spacial score (nSPS) is 11.8. The summed E-state index contributed by atoms with van der Waals surface area (Å²) in [5.74, 6) is -0.300. The number of benzene rings is 3. The van der Waals surface area contributed by atoms with Crippen LogP contribution >= 0.6 is 0 Å². The number of hydrogen-bond donors (Lipinski definition) is 2. The zero-order chi connectivity index (χ0) is 20.1. The lowest BCUT2D eigenvalue weighted by Crippen LogP contribution is -2.04. The molecule has 144 valence electrons. The molecule has 0 aliphatic heterocycles. The molecule has 3 aromatic carbocycles. The fourth-order valence-electron chi connectivity index (χ4n) is 3.25. The Bertz CT molecular complexity index is 959. The minimum absolute atomic E-state index is 0.241. The Kier molecular flexibility index (Phi) is 6.12. The molecule has 0 bridgehead atoms. The Hall–Kier alpha value is -3.11. The highest BCUT2D eigenvalue weighted by atomic mass is 16.5. The molecule has 0 radical (unpaired) electrons. The third-order valence-electron chi connectivity index (χ3n) is 4.77. The van der Waals surface area contributed by atoms with Crippen molar-refractivity contribution < 1.29 is 19.7 Å². The van der Waals surface area contributed by atoms with Gasteiger partial charge in [0.1, 0.15) is 12.4 Å². The summed E-state index contributed by atoms with van der Waals surface area (Å²) in [6.07, 6.45) is 0.226. The van der Waals surface area contributed by atoms with Gasteiger partial charge in [-0.05, 0) is 42.2 Å². The predicted molar refractivity (Wildman–Crippen MR) is 110 cm³/mol. The molecule has 0 saturated carbocycles. The zero-order valence-corrected chi connectivity index (χ0v) is 16.1. The third-order valence-corrected chi connectivity index (χ3v) is 4.77. The van der Waals surface area contributed by atoms with Crippen LogP contribution in [0.4, 0.5) is 0 Å². The van der Waals surface area contributed by atoms with E-state index in [1.54, 1.807) is 31.2 Å². The molecule has 3 aromatic rings.